The van der Waals surface area contributed by atoms with Crippen molar-refractivity contribution >= 4 is 11.9 Å². The third-order valence-corrected chi connectivity index (χ3v) is 6.41. The van der Waals surface area contributed by atoms with E-state index in [2.05, 4.69) is 11.8 Å². The van der Waals surface area contributed by atoms with Gasteiger partial charge in [-0.2, -0.15) is 0 Å². The molecule has 208 valence electrons. The number of aliphatic hydroxyl groups is 2. The number of hydrogen-bond acceptors (Lipinski definition) is 6. The van der Waals surface area contributed by atoms with Gasteiger partial charge in [0.15, 0.2) is 0 Å². The lowest BCUT2D eigenvalue weighted by Gasteiger charge is -2.24. The summed E-state index contributed by atoms with van der Waals surface area (Å²) in [6, 6.07) is 0. The zero-order valence-electron chi connectivity index (χ0n) is 22.6. The number of esters is 1. The van der Waals surface area contributed by atoms with E-state index in [1.54, 1.807) is 0 Å². The fraction of sp³-hybridized carbons (Fsp3) is 0.929. The van der Waals surface area contributed by atoms with Crippen LogP contribution in [-0.2, 0) is 14.3 Å². The number of aliphatic carboxylic acids is 1. The second kappa shape index (κ2) is 25.9. The Morgan fingerprint density at radius 2 is 1.20 bits per heavy atom. The summed E-state index contributed by atoms with van der Waals surface area (Å²) < 4.78 is 5.36. The lowest BCUT2D eigenvalue weighted by Crippen LogP contribution is -2.35. The summed E-state index contributed by atoms with van der Waals surface area (Å²) in [5.41, 5.74) is 0. The Morgan fingerprint density at radius 3 is 1.77 bits per heavy atom. The molecule has 0 heterocycles. The molecule has 0 aromatic rings. The summed E-state index contributed by atoms with van der Waals surface area (Å²) in [5.74, 6) is -0.832. The van der Waals surface area contributed by atoms with Gasteiger partial charge in [0.1, 0.15) is 0 Å². The van der Waals surface area contributed by atoms with E-state index in [4.69, 9.17) is 14.9 Å². The van der Waals surface area contributed by atoms with Crippen LogP contribution in [0.5, 0.6) is 0 Å². The number of unbranched alkanes of at least 4 members (excludes halogenated alkanes) is 14. The first kappa shape index (κ1) is 33.8. The van der Waals surface area contributed by atoms with Gasteiger partial charge in [0.25, 0.3) is 0 Å². The smallest absolute Gasteiger partial charge is 0.305 e. The minimum Gasteiger partial charge on any atom is -0.481 e. The Balaban J connectivity index is 3.73. The predicted octanol–water partition coefficient (Wildman–Crippen LogP) is 5.70. The molecule has 0 spiro atoms. The minimum atomic E-state index is -0.735. The Labute approximate surface area is 214 Å². The predicted molar refractivity (Wildman–Crippen MR) is 142 cm³/mol. The van der Waals surface area contributed by atoms with Gasteiger partial charge in [0.2, 0.25) is 0 Å². The first-order valence-electron chi connectivity index (χ1n) is 14.4. The molecule has 1 atom stereocenters. The van der Waals surface area contributed by atoms with Gasteiger partial charge in [0, 0.05) is 19.4 Å². The summed E-state index contributed by atoms with van der Waals surface area (Å²) in [7, 11) is 0. The molecule has 0 fully saturated rings. The molecule has 1 unspecified atom stereocenters. The highest BCUT2D eigenvalue weighted by molar-refractivity contribution is 5.69. The van der Waals surface area contributed by atoms with Crippen molar-refractivity contribution in [1.82, 2.24) is 4.90 Å². The summed E-state index contributed by atoms with van der Waals surface area (Å²) in [6.45, 7) is 4.69. The topological polar surface area (TPSA) is 107 Å². The first-order valence-corrected chi connectivity index (χ1v) is 14.4. The number of ether oxygens (including phenoxy) is 1. The van der Waals surface area contributed by atoms with Crippen LogP contribution in [0.4, 0.5) is 0 Å². The molecule has 3 N–H and O–H groups in total. The van der Waals surface area contributed by atoms with E-state index in [-0.39, 0.29) is 19.0 Å². The molecule has 0 radical (unpaired) electrons. The molecule has 35 heavy (non-hydrogen) atoms. The maximum absolute atomic E-state index is 11.9. The van der Waals surface area contributed by atoms with Gasteiger partial charge in [0.05, 0.1) is 19.3 Å². The van der Waals surface area contributed by atoms with Crippen LogP contribution >= 0.6 is 0 Å². The van der Waals surface area contributed by atoms with Crippen LogP contribution in [0.2, 0.25) is 0 Å². The molecule has 0 aromatic carbocycles. The number of aliphatic hydroxyl groups excluding tert-OH is 2. The van der Waals surface area contributed by atoms with Crippen LogP contribution in [0.1, 0.15) is 129 Å². The van der Waals surface area contributed by atoms with Crippen molar-refractivity contribution in [2.75, 3.05) is 32.8 Å². The van der Waals surface area contributed by atoms with E-state index in [1.165, 1.54) is 44.9 Å². The largest absolute Gasteiger partial charge is 0.481 e. The van der Waals surface area contributed by atoms with E-state index in [9.17, 15) is 14.7 Å². The number of carboxylic acid groups (broad SMARTS) is 1. The van der Waals surface area contributed by atoms with Crippen molar-refractivity contribution in [3.63, 3.8) is 0 Å². The van der Waals surface area contributed by atoms with Gasteiger partial charge < -0.3 is 25.0 Å². The van der Waals surface area contributed by atoms with Crippen LogP contribution in [0.3, 0.4) is 0 Å². The number of nitrogens with zero attached hydrogens (tertiary/aromatic N) is 1. The van der Waals surface area contributed by atoms with Crippen molar-refractivity contribution in [3.8, 4) is 0 Å². The van der Waals surface area contributed by atoms with Crippen molar-refractivity contribution in [2.24, 2.45) is 0 Å². The van der Waals surface area contributed by atoms with Crippen molar-refractivity contribution in [1.29, 1.82) is 0 Å². The normalized spacial score (nSPS) is 12.2. The number of rotatable bonds is 27. The van der Waals surface area contributed by atoms with Crippen molar-refractivity contribution in [2.45, 2.75) is 135 Å². The molecule has 0 bridgehead atoms. The average molecular weight is 502 g/mol. The van der Waals surface area contributed by atoms with Crippen LogP contribution in [0.25, 0.3) is 0 Å². The third-order valence-electron chi connectivity index (χ3n) is 6.41. The minimum absolute atomic E-state index is 0.0972. The molecule has 7 heteroatoms. The SMILES string of the molecule is CCCCCCCCCCCOC(=O)CCCCCN(CCCCCCCC(=O)O)CC(O)CO. The number of carbonyl (C=O) groups excluding carboxylic acids is 1. The number of carboxylic acids is 1. The van der Waals surface area contributed by atoms with Gasteiger partial charge in [-0.05, 0) is 45.2 Å². The zero-order valence-corrected chi connectivity index (χ0v) is 22.6. The molecule has 7 nitrogen and oxygen atoms in total. The summed E-state index contributed by atoms with van der Waals surface area (Å²) in [6.07, 6.45) is 18.7. The second-order valence-corrected chi connectivity index (χ2v) is 9.91. The highest BCUT2D eigenvalue weighted by Crippen LogP contribution is 2.11. The third kappa shape index (κ3) is 25.7. The molecule has 0 aliphatic carbocycles. The standard InChI is InChI=1S/C28H55NO6/c1-2-3-4-5-6-7-8-12-18-23-35-28(34)20-15-13-17-22-29(24-26(31)25-30)21-16-11-9-10-14-19-27(32)33/h26,30-31H,2-25H2,1H3,(H,32,33). The Hall–Kier alpha value is -1.18. The second-order valence-electron chi connectivity index (χ2n) is 9.91. The van der Waals surface area contributed by atoms with E-state index in [1.807, 2.05) is 0 Å². The number of hydrogen-bond donors (Lipinski definition) is 3. The molecule has 0 rings (SSSR count). The molecular formula is C28H55NO6. The summed E-state index contributed by atoms with van der Waals surface area (Å²) >= 11 is 0. The van der Waals surface area contributed by atoms with Crippen molar-refractivity contribution < 1.29 is 29.6 Å². The highest BCUT2D eigenvalue weighted by atomic mass is 16.5. The van der Waals surface area contributed by atoms with E-state index in [0.717, 1.165) is 77.3 Å². The van der Waals surface area contributed by atoms with Crippen LogP contribution in [0, 0.1) is 0 Å². The lowest BCUT2D eigenvalue weighted by molar-refractivity contribution is -0.144. The molecule has 0 aliphatic heterocycles. The summed E-state index contributed by atoms with van der Waals surface area (Å²) in [5, 5.41) is 27.6. The Bertz CT molecular complexity index is 488. The average Bonchev–Trinajstić information content (AvgIpc) is 2.83. The monoisotopic (exact) mass is 501 g/mol. The molecule has 0 aromatic heterocycles. The van der Waals surface area contributed by atoms with Crippen LogP contribution < -0.4 is 0 Å². The Kier molecular flexibility index (Phi) is 25.0. The quantitative estimate of drug-likeness (QED) is 0.0978. The maximum atomic E-state index is 11.9. The fourth-order valence-electron chi connectivity index (χ4n) is 4.24. The molecule has 0 saturated carbocycles. The molecule has 0 aliphatic rings. The lowest BCUT2D eigenvalue weighted by atomic mass is 10.1. The van der Waals surface area contributed by atoms with Crippen LogP contribution in [-0.4, -0.2) is 71.1 Å². The van der Waals surface area contributed by atoms with Gasteiger partial charge >= 0.3 is 11.9 Å². The zero-order chi connectivity index (χ0) is 26.0. The van der Waals surface area contributed by atoms with Gasteiger partial charge in [-0.1, -0.05) is 84.0 Å². The fourth-order valence-corrected chi connectivity index (χ4v) is 4.24. The number of carbonyl (C=O) groups is 2. The van der Waals surface area contributed by atoms with E-state index >= 15 is 0 Å². The summed E-state index contributed by atoms with van der Waals surface area (Å²) in [4.78, 5) is 24.6. The van der Waals surface area contributed by atoms with Gasteiger partial charge in [-0.15, -0.1) is 0 Å². The maximum Gasteiger partial charge on any atom is 0.305 e. The van der Waals surface area contributed by atoms with Gasteiger partial charge in [-0.25, -0.2) is 0 Å². The Morgan fingerprint density at radius 1 is 0.714 bits per heavy atom. The van der Waals surface area contributed by atoms with E-state index in [0.29, 0.717) is 19.6 Å². The first-order chi connectivity index (χ1) is 17.0. The van der Waals surface area contributed by atoms with Gasteiger partial charge in [-0.3, -0.25) is 9.59 Å². The molecule has 0 amide bonds. The molecular weight excluding hydrogens is 446 g/mol. The highest BCUT2D eigenvalue weighted by Gasteiger charge is 2.11. The van der Waals surface area contributed by atoms with Crippen LogP contribution in [0.15, 0.2) is 0 Å². The van der Waals surface area contributed by atoms with E-state index < -0.39 is 12.1 Å². The molecule has 0 saturated heterocycles. The van der Waals surface area contributed by atoms with Crippen molar-refractivity contribution in [3.05, 3.63) is 0 Å².